The van der Waals surface area contributed by atoms with Crippen LogP contribution < -0.4 is 33.8 Å². The normalized spacial score (nSPS) is 14.4. The van der Waals surface area contributed by atoms with E-state index < -0.39 is 12.0 Å². The molecule has 0 unspecified atom stereocenters. The van der Waals surface area contributed by atoms with Gasteiger partial charge in [0.1, 0.15) is 6.61 Å². The maximum absolute atomic E-state index is 14.1. The fraction of sp³-hybridized carbons (Fsp3) is 0.216. The second-order valence-corrected chi connectivity index (χ2v) is 11.8. The highest BCUT2D eigenvalue weighted by Crippen LogP contribution is 2.36. The summed E-state index contributed by atoms with van der Waals surface area (Å²) in [4.78, 5) is 32.5. The number of carbonyl (C=O) groups is 1. The Balaban J connectivity index is 1.38. The van der Waals surface area contributed by atoms with Gasteiger partial charge >= 0.3 is 5.97 Å². The average Bonchev–Trinajstić information content (AvgIpc) is 3.39. The largest absolute Gasteiger partial charge is 0.493 e. The molecule has 4 aromatic carbocycles. The minimum Gasteiger partial charge on any atom is -0.493 e. The first kappa shape index (κ1) is 31.6. The third kappa shape index (κ3) is 6.12. The van der Waals surface area contributed by atoms with Crippen molar-refractivity contribution in [3.8, 4) is 23.0 Å². The number of thiazole rings is 1. The van der Waals surface area contributed by atoms with E-state index in [1.807, 2.05) is 48.5 Å². The third-order valence-corrected chi connectivity index (χ3v) is 8.97. The van der Waals surface area contributed by atoms with E-state index in [0.717, 1.165) is 21.9 Å². The summed E-state index contributed by atoms with van der Waals surface area (Å²) in [7, 11) is 4.67. The first-order valence-corrected chi connectivity index (χ1v) is 15.9. The molecule has 6 rings (SSSR count). The Labute approximate surface area is 275 Å². The highest BCUT2D eigenvalue weighted by Gasteiger charge is 2.34. The standard InChI is InChI=1S/C37H34N2O7S/c1-6-45-36(41)33-22(2)38-37-39(34(33)25-15-17-28(42-3)31(20-25)44-5)35(40)32(47-37)19-23-14-16-29(30(18-23)43-4)46-21-26-12-9-11-24-10-7-8-13-27(24)26/h7-20,34H,6,21H2,1-5H3/b32-19+/t34-/m1/s1. The van der Waals surface area contributed by atoms with Gasteiger partial charge in [-0.1, -0.05) is 65.9 Å². The van der Waals surface area contributed by atoms with Gasteiger partial charge in [-0.25, -0.2) is 9.79 Å². The molecule has 0 bridgehead atoms. The average molecular weight is 651 g/mol. The smallest absolute Gasteiger partial charge is 0.338 e. The van der Waals surface area contributed by atoms with Crippen LogP contribution in [0.1, 0.15) is 36.6 Å². The quantitative estimate of drug-likeness (QED) is 0.183. The van der Waals surface area contributed by atoms with E-state index in [0.29, 0.717) is 50.2 Å². The lowest BCUT2D eigenvalue weighted by molar-refractivity contribution is -0.139. The number of methoxy groups -OCH3 is 3. The lowest BCUT2D eigenvalue weighted by Gasteiger charge is -2.25. The lowest BCUT2D eigenvalue weighted by Crippen LogP contribution is -2.39. The van der Waals surface area contributed by atoms with Gasteiger partial charge in [-0.15, -0.1) is 0 Å². The predicted octanol–water partition coefficient (Wildman–Crippen LogP) is 5.56. The number of esters is 1. The van der Waals surface area contributed by atoms with E-state index in [9.17, 15) is 9.59 Å². The topological polar surface area (TPSA) is 97.6 Å². The van der Waals surface area contributed by atoms with Gasteiger partial charge in [-0.3, -0.25) is 9.36 Å². The van der Waals surface area contributed by atoms with Crippen molar-refractivity contribution in [1.29, 1.82) is 0 Å². The zero-order chi connectivity index (χ0) is 33.1. The van der Waals surface area contributed by atoms with E-state index in [2.05, 4.69) is 23.2 Å². The van der Waals surface area contributed by atoms with Gasteiger partial charge in [-0.2, -0.15) is 0 Å². The second-order valence-electron chi connectivity index (χ2n) is 10.8. The zero-order valence-corrected chi connectivity index (χ0v) is 27.6. The minimum absolute atomic E-state index is 0.183. The molecule has 240 valence electrons. The molecule has 0 N–H and O–H groups in total. The fourth-order valence-corrected chi connectivity index (χ4v) is 6.79. The van der Waals surface area contributed by atoms with Crippen LogP contribution in [0.2, 0.25) is 0 Å². The number of ether oxygens (including phenoxy) is 5. The number of benzene rings is 4. The number of aromatic nitrogens is 1. The van der Waals surface area contributed by atoms with Crippen LogP contribution in [0.4, 0.5) is 0 Å². The molecule has 5 aromatic rings. The summed E-state index contributed by atoms with van der Waals surface area (Å²) >= 11 is 1.24. The van der Waals surface area contributed by atoms with Crippen LogP contribution in [-0.2, 0) is 16.1 Å². The monoisotopic (exact) mass is 650 g/mol. The number of fused-ring (bicyclic) bond motifs is 2. The molecule has 47 heavy (non-hydrogen) atoms. The minimum atomic E-state index is -0.786. The maximum atomic E-state index is 14.1. The van der Waals surface area contributed by atoms with Gasteiger partial charge in [0.05, 0.1) is 49.8 Å². The van der Waals surface area contributed by atoms with Crippen molar-refractivity contribution in [2.45, 2.75) is 26.5 Å². The van der Waals surface area contributed by atoms with Crippen LogP contribution >= 0.6 is 11.3 Å². The molecule has 1 aliphatic heterocycles. The molecule has 1 aromatic heterocycles. The Bertz CT molecular complexity index is 2190. The van der Waals surface area contributed by atoms with Crippen molar-refractivity contribution < 1.29 is 28.5 Å². The first-order chi connectivity index (χ1) is 22.9. The Morgan fingerprint density at radius 1 is 0.894 bits per heavy atom. The van der Waals surface area contributed by atoms with E-state index in [-0.39, 0.29) is 17.7 Å². The number of rotatable bonds is 10. The lowest BCUT2D eigenvalue weighted by atomic mass is 9.95. The molecule has 2 heterocycles. The van der Waals surface area contributed by atoms with Crippen LogP contribution in [0, 0.1) is 0 Å². The van der Waals surface area contributed by atoms with E-state index >= 15 is 0 Å². The Morgan fingerprint density at radius 2 is 1.62 bits per heavy atom. The summed E-state index contributed by atoms with van der Waals surface area (Å²) in [5, 5.41) is 2.28. The van der Waals surface area contributed by atoms with Crippen molar-refractivity contribution in [3.05, 3.63) is 127 Å². The number of hydrogen-bond acceptors (Lipinski definition) is 9. The zero-order valence-electron chi connectivity index (χ0n) is 26.7. The highest BCUT2D eigenvalue weighted by molar-refractivity contribution is 7.07. The molecule has 0 fully saturated rings. The number of allylic oxidation sites excluding steroid dienone is 1. The summed E-state index contributed by atoms with van der Waals surface area (Å²) in [6.07, 6.45) is 1.79. The highest BCUT2D eigenvalue weighted by atomic mass is 32.1. The first-order valence-electron chi connectivity index (χ1n) is 15.1. The summed E-state index contributed by atoms with van der Waals surface area (Å²) < 4.78 is 30.2. The fourth-order valence-electron chi connectivity index (χ4n) is 5.75. The van der Waals surface area contributed by atoms with Crippen molar-refractivity contribution in [2.75, 3.05) is 27.9 Å². The molecule has 0 spiro atoms. The van der Waals surface area contributed by atoms with Gasteiger partial charge in [0.25, 0.3) is 5.56 Å². The Hall–Kier alpha value is -5.35. The van der Waals surface area contributed by atoms with Gasteiger partial charge in [-0.05, 0) is 71.7 Å². The molecule has 9 nitrogen and oxygen atoms in total. The van der Waals surface area contributed by atoms with Crippen molar-refractivity contribution in [2.24, 2.45) is 4.99 Å². The van der Waals surface area contributed by atoms with Gasteiger partial charge in [0, 0.05) is 0 Å². The van der Waals surface area contributed by atoms with Crippen LogP contribution in [0.25, 0.3) is 16.8 Å². The summed E-state index contributed by atoms with van der Waals surface area (Å²) in [5.41, 5.74) is 2.93. The Morgan fingerprint density at radius 3 is 2.38 bits per heavy atom. The molecule has 1 aliphatic rings. The summed E-state index contributed by atoms with van der Waals surface area (Å²) in [6.45, 7) is 4.04. The molecule has 0 radical (unpaired) electrons. The summed E-state index contributed by atoms with van der Waals surface area (Å²) in [5.74, 6) is 1.59. The van der Waals surface area contributed by atoms with Crippen LogP contribution in [0.3, 0.4) is 0 Å². The van der Waals surface area contributed by atoms with E-state index in [1.54, 1.807) is 46.3 Å². The van der Waals surface area contributed by atoms with Crippen molar-refractivity contribution >= 4 is 34.2 Å². The predicted molar refractivity (Wildman–Crippen MR) is 181 cm³/mol. The molecule has 1 atom stereocenters. The molecule has 10 heteroatoms. The molecule has 0 amide bonds. The molecule has 0 aliphatic carbocycles. The van der Waals surface area contributed by atoms with Crippen LogP contribution in [0.15, 0.2) is 99.9 Å². The molecule has 0 saturated carbocycles. The van der Waals surface area contributed by atoms with Gasteiger partial charge in [0.2, 0.25) is 0 Å². The van der Waals surface area contributed by atoms with Crippen LogP contribution in [0.5, 0.6) is 23.0 Å². The van der Waals surface area contributed by atoms with E-state index in [4.69, 9.17) is 23.7 Å². The second kappa shape index (κ2) is 13.6. The van der Waals surface area contributed by atoms with Crippen molar-refractivity contribution in [1.82, 2.24) is 4.57 Å². The van der Waals surface area contributed by atoms with E-state index in [1.165, 1.54) is 23.0 Å². The SMILES string of the molecule is CCOC(=O)C1=C(C)N=c2s/c(=C/c3ccc(OCc4cccc5ccccc45)c(OC)c3)c(=O)n2[C@@H]1c1ccc(OC)c(OC)c1. The summed E-state index contributed by atoms with van der Waals surface area (Å²) in [6, 6.07) is 24.4. The Kier molecular flexibility index (Phi) is 9.12. The number of nitrogens with zero attached hydrogens (tertiary/aromatic N) is 2. The third-order valence-electron chi connectivity index (χ3n) is 7.99. The number of hydrogen-bond donors (Lipinski definition) is 0. The maximum Gasteiger partial charge on any atom is 0.338 e. The molecular weight excluding hydrogens is 616 g/mol. The van der Waals surface area contributed by atoms with Crippen LogP contribution in [-0.4, -0.2) is 38.5 Å². The molecule has 0 saturated heterocycles. The molecular formula is C37H34N2O7S. The van der Waals surface area contributed by atoms with Gasteiger partial charge < -0.3 is 23.7 Å². The van der Waals surface area contributed by atoms with Crippen molar-refractivity contribution in [3.63, 3.8) is 0 Å². The van der Waals surface area contributed by atoms with Gasteiger partial charge in [0.15, 0.2) is 27.8 Å². The number of carbonyl (C=O) groups excluding carboxylic acids is 1.